The van der Waals surface area contributed by atoms with E-state index >= 15 is 0 Å². The summed E-state index contributed by atoms with van der Waals surface area (Å²) < 4.78 is 14.4. The number of piperidine rings is 1. The van der Waals surface area contributed by atoms with Crippen molar-refractivity contribution < 1.29 is 4.39 Å². The van der Waals surface area contributed by atoms with Gasteiger partial charge in [-0.1, -0.05) is 18.5 Å². The summed E-state index contributed by atoms with van der Waals surface area (Å²) in [6.45, 7) is 5.00. The summed E-state index contributed by atoms with van der Waals surface area (Å²) in [7, 11) is 0. The maximum absolute atomic E-state index is 13.8. The van der Waals surface area contributed by atoms with Crippen molar-refractivity contribution in [2.75, 3.05) is 13.1 Å². The molecule has 0 radical (unpaired) electrons. The fourth-order valence-electron chi connectivity index (χ4n) is 2.36. The molecule has 0 spiro atoms. The molecular formula is C13H16BrClFN. The van der Waals surface area contributed by atoms with Crippen molar-refractivity contribution in [3.05, 3.63) is 33.0 Å². The van der Waals surface area contributed by atoms with Crippen molar-refractivity contribution in [2.45, 2.75) is 26.3 Å². The predicted octanol–water partition coefficient (Wildman–Crippen LogP) is 4.47. The predicted molar refractivity (Wildman–Crippen MR) is 72.8 cm³/mol. The Labute approximate surface area is 115 Å². The van der Waals surface area contributed by atoms with Crippen LogP contribution in [0.2, 0.25) is 5.02 Å². The zero-order valence-electron chi connectivity index (χ0n) is 9.85. The van der Waals surface area contributed by atoms with Crippen molar-refractivity contribution in [1.82, 2.24) is 4.90 Å². The van der Waals surface area contributed by atoms with Gasteiger partial charge in [-0.25, -0.2) is 4.39 Å². The van der Waals surface area contributed by atoms with E-state index in [0.717, 1.165) is 13.1 Å². The monoisotopic (exact) mass is 319 g/mol. The van der Waals surface area contributed by atoms with Crippen LogP contribution in [0.3, 0.4) is 0 Å². The molecule has 2 rings (SSSR count). The number of nitrogens with zero attached hydrogens (tertiary/aromatic N) is 1. The van der Waals surface area contributed by atoms with E-state index in [1.54, 1.807) is 6.07 Å². The molecule has 1 aromatic carbocycles. The van der Waals surface area contributed by atoms with Crippen LogP contribution in [0.5, 0.6) is 0 Å². The van der Waals surface area contributed by atoms with Crippen molar-refractivity contribution in [3.8, 4) is 0 Å². The van der Waals surface area contributed by atoms with Crippen LogP contribution in [0.4, 0.5) is 4.39 Å². The van der Waals surface area contributed by atoms with Crippen molar-refractivity contribution >= 4 is 27.5 Å². The molecule has 1 aliphatic rings. The minimum Gasteiger partial charge on any atom is -0.299 e. The molecule has 1 heterocycles. The molecule has 1 saturated heterocycles. The maximum atomic E-state index is 13.8. The van der Waals surface area contributed by atoms with E-state index in [9.17, 15) is 4.39 Å². The first-order valence-corrected chi connectivity index (χ1v) is 7.09. The van der Waals surface area contributed by atoms with Gasteiger partial charge < -0.3 is 0 Å². The van der Waals surface area contributed by atoms with Crippen LogP contribution >= 0.6 is 27.5 Å². The normalized spacial score (nSPS) is 21.8. The van der Waals surface area contributed by atoms with E-state index < -0.39 is 0 Å². The van der Waals surface area contributed by atoms with Gasteiger partial charge in [0.15, 0.2) is 0 Å². The van der Waals surface area contributed by atoms with Crippen LogP contribution in [0, 0.1) is 11.7 Å². The maximum Gasteiger partial charge on any atom is 0.128 e. The second kappa shape index (κ2) is 5.68. The highest BCUT2D eigenvalue weighted by Crippen LogP contribution is 2.27. The Morgan fingerprint density at radius 1 is 1.53 bits per heavy atom. The highest BCUT2D eigenvalue weighted by atomic mass is 79.9. The molecule has 1 unspecified atom stereocenters. The molecule has 17 heavy (non-hydrogen) atoms. The smallest absolute Gasteiger partial charge is 0.128 e. The Kier molecular flexibility index (Phi) is 4.45. The molecular weight excluding hydrogens is 305 g/mol. The van der Waals surface area contributed by atoms with Crippen LogP contribution in [0.1, 0.15) is 25.3 Å². The van der Waals surface area contributed by atoms with Gasteiger partial charge >= 0.3 is 0 Å². The lowest BCUT2D eigenvalue weighted by Crippen LogP contribution is -2.33. The molecule has 0 aliphatic carbocycles. The third kappa shape index (κ3) is 3.43. The van der Waals surface area contributed by atoms with Gasteiger partial charge in [0.2, 0.25) is 0 Å². The first-order valence-electron chi connectivity index (χ1n) is 5.92. The summed E-state index contributed by atoms with van der Waals surface area (Å²) in [6.07, 6.45) is 2.48. The fraction of sp³-hybridized carbons (Fsp3) is 0.538. The van der Waals surface area contributed by atoms with Gasteiger partial charge in [-0.05, 0) is 53.4 Å². The molecule has 4 heteroatoms. The molecule has 0 amide bonds. The average Bonchev–Trinajstić information content (AvgIpc) is 2.26. The minimum atomic E-state index is -0.181. The molecule has 1 fully saturated rings. The molecule has 0 bridgehead atoms. The number of likely N-dealkylation sites (tertiary alicyclic amines) is 1. The zero-order valence-corrected chi connectivity index (χ0v) is 12.2. The van der Waals surface area contributed by atoms with Gasteiger partial charge in [0.05, 0.1) is 5.02 Å². The number of hydrogen-bond donors (Lipinski definition) is 0. The number of benzene rings is 1. The van der Waals surface area contributed by atoms with Gasteiger partial charge in [-0.3, -0.25) is 4.90 Å². The number of rotatable bonds is 2. The Bertz CT molecular complexity index is 411. The lowest BCUT2D eigenvalue weighted by Gasteiger charge is -2.30. The third-order valence-electron chi connectivity index (χ3n) is 3.22. The van der Waals surface area contributed by atoms with E-state index in [2.05, 4.69) is 27.8 Å². The standard InChI is InChI=1S/C13H16BrClFN/c1-9-3-2-4-17(7-9)8-10-5-12(15)11(14)6-13(10)16/h5-6,9H,2-4,7-8H2,1H3. The molecule has 1 aliphatic heterocycles. The highest BCUT2D eigenvalue weighted by molar-refractivity contribution is 9.10. The van der Waals surface area contributed by atoms with Gasteiger partial charge in [-0.15, -0.1) is 0 Å². The Morgan fingerprint density at radius 3 is 3.00 bits per heavy atom. The molecule has 0 saturated carbocycles. The van der Waals surface area contributed by atoms with Crippen LogP contribution in [-0.4, -0.2) is 18.0 Å². The largest absolute Gasteiger partial charge is 0.299 e. The Morgan fingerprint density at radius 2 is 2.29 bits per heavy atom. The van der Waals surface area contributed by atoms with Gasteiger partial charge in [0.1, 0.15) is 5.82 Å². The summed E-state index contributed by atoms with van der Waals surface area (Å²) >= 11 is 9.23. The zero-order chi connectivity index (χ0) is 12.4. The fourth-order valence-corrected chi connectivity index (χ4v) is 2.86. The van der Waals surface area contributed by atoms with Crippen molar-refractivity contribution in [1.29, 1.82) is 0 Å². The lowest BCUT2D eigenvalue weighted by molar-refractivity contribution is 0.175. The summed E-state index contributed by atoms with van der Waals surface area (Å²) in [5, 5.41) is 0.575. The number of halogens is 3. The molecule has 1 atom stereocenters. The van der Waals surface area contributed by atoms with Crippen molar-refractivity contribution in [3.63, 3.8) is 0 Å². The first-order chi connectivity index (χ1) is 8.06. The van der Waals surface area contributed by atoms with Gasteiger partial charge in [-0.2, -0.15) is 0 Å². The minimum absolute atomic E-state index is 0.181. The second-order valence-corrected chi connectivity index (χ2v) is 6.10. The van der Waals surface area contributed by atoms with E-state index in [4.69, 9.17) is 11.6 Å². The van der Waals surface area contributed by atoms with Gasteiger partial charge in [0, 0.05) is 23.1 Å². The summed E-state index contributed by atoms with van der Waals surface area (Å²) in [5.74, 6) is 0.525. The van der Waals surface area contributed by atoms with E-state index in [0.29, 0.717) is 27.5 Å². The quantitative estimate of drug-likeness (QED) is 0.727. The molecule has 0 N–H and O–H groups in total. The molecule has 1 nitrogen and oxygen atoms in total. The summed E-state index contributed by atoms with van der Waals surface area (Å²) in [4.78, 5) is 2.30. The van der Waals surface area contributed by atoms with Crippen LogP contribution in [0.25, 0.3) is 0 Å². The number of hydrogen-bond acceptors (Lipinski definition) is 1. The topological polar surface area (TPSA) is 3.24 Å². The highest BCUT2D eigenvalue weighted by Gasteiger charge is 2.18. The lowest BCUT2D eigenvalue weighted by atomic mass is 10.00. The van der Waals surface area contributed by atoms with Crippen LogP contribution in [-0.2, 0) is 6.54 Å². The summed E-state index contributed by atoms with van der Waals surface area (Å²) in [6, 6.07) is 3.17. The van der Waals surface area contributed by atoms with E-state index in [1.165, 1.54) is 18.9 Å². The molecule has 1 aromatic rings. The molecule has 94 valence electrons. The van der Waals surface area contributed by atoms with Gasteiger partial charge in [0.25, 0.3) is 0 Å². The molecule has 0 aromatic heterocycles. The van der Waals surface area contributed by atoms with E-state index in [1.807, 2.05) is 0 Å². The first kappa shape index (κ1) is 13.3. The van der Waals surface area contributed by atoms with E-state index in [-0.39, 0.29) is 5.82 Å². The van der Waals surface area contributed by atoms with Crippen LogP contribution in [0.15, 0.2) is 16.6 Å². The Hall–Kier alpha value is -0.120. The summed E-state index contributed by atoms with van der Waals surface area (Å²) in [5.41, 5.74) is 0.687. The Balaban J connectivity index is 2.10. The average molecular weight is 321 g/mol. The van der Waals surface area contributed by atoms with Crippen molar-refractivity contribution in [2.24, 2.45) is 5.92 Å². The third-order valence-corrected chi connectivity index (χ3v) is 4.42. The SMILES string of the molecule is CC1CCCN(Cc2cc(Cl)c(Br)cc2F)C1. The van der Waals surface area contributed by atoms with Crippen LogP contribution < -0.4 is 0 Å². The second-order valence-electron chi connectivity index (χ2n) is 4.84.